The Morgan fingerprint density at radius 3 is 2.85 bits per heavy atom. The van der Waals surface area contributed by atoms with E-state index in [1.807, 2.05) is 0 Å². The topological polar surface area (TPSA) is 15.3 Å². The Bertz CT molecular complexity index is 452. The number of allylic oxidation sites excluding steroid dienone is 1. The SMILES string of the molecule is CC1CNC(c2ccccc2)CN1CCC1=CCCC1. The lowest BCUT2D eigenvalue weighted by atomic mass is 10.0. The normalized spacial score (nSPS) is 27.6. The van der Waals surface area contributed by atoms with E-state index in [9.17, 15) is 0 Å². The van der Waals surface area contributed by atoms with Gasteiger partial charge in [-0.05, 0) is 38.2 Å². The highest BCUT2D eigenvalue weighted by molar-refractivity contribution is 5.20. The summed E-state index contributed by atoms with van der Waals surface area (Å²) in [6.45, 7) is 5.80. The average Bonchev–Trinajstić information content (AvgIpc) is 3.01. The van der Waals surface area contributed by atoms with Crippen LogP contribution in [0, 0.1) is 0 Å². The highest BCUT2D eigenvalue weighted by Crippen LogP contribution is 2.24. The van der Waals surface area contributed by atoms with E-state index in [0.717, 1.165) is 13.1 Å². The first kappa shape index (κ1) is 13.8. The van der Waals surface area contributed by atoms with Gasteiger partial charge in [0.05, 0.1) is 0 Å². The number of benzene rings is 1. The third kappa shape index (κ3) is 3.31. The minimum atomic E-state index is 0.491. The number of rotatable bonds is 4. The van der Waals surface area contributed by atoms with Gasteiger partial charge in [0.25, 0.3) is 0 Å². The summed E-state index contributed by atoms with van der Waals surface area (Å²) in [4.78, 5) is 2.66. The molecule has 0 saturated carbocycles. The molecule has 0 aromatic heterocycles. The molecule has 2 nitrogen and oxygen atoms in total. The lowest BCUT2D eigenvalue weighted by Crippen LogP contribution is -2.51. The molecular weight excluding hydrogens is 244 g/mol. The van der Waals surface area contributed by atoms with Crippen LogP contribution in [0.3, 0.4) is 0 Å². The second-order valence-electron chi connectivity index (χ2n) is 6.22. The molecule has 1 fully saturated rings. The summed E-state index contributed by atoms with van der Waals surface area (Å²) < 4.78 is 0. The van der Waals surface area contributed by atoms with Crippen molar-refractivity contribution in [2.45, 2.75) is 44.7 Å². The van der Waals surface area contributed by atoms with E-state index in [4.69, 9.17) is 0 Å². The van der Waals surface area contributed by atoms with Gasteiger partial charge in [-0.15, -0.1) is 0 Å². The van der Waals surface area contributed by atoms with Crippen molar-refractivity contribution in [2.24, 2.45) is 0 Å². The van der Waals surface area contributed by atoms with E-state index in [2.05, 4.69) is 53.5 Å². The lowest BCUT2D eigenvalue weighted by molar-refractivity contribution is 0.142. The zero-order valence-corrected chi connectivity index (χ0v) is 12.5. The number of nitrogens with one attached hydrogen (secondary N) is 1. The van der Waals surface area contributed by atoms with Crippen molar-refractivity contribution in [3.8, 4) is 0 Å². The quantitative estimate of drug-likeness (QED) is 0.842. The van der Waals surface area contributed by atoms with Gasteiger partial charge in [0.1, 0.15) is 0 Å². The molecule has 0 radical (unpaired) electrons. The first-order valence-electron chi connectivity index (χ1n) is 8.03. The molecule has 1 saturated heterocycles. The first-order valence-corrected chi connectivity index (χ1v) is 8.03. The molecule has 0 amide bonds. The summed E-state index contributed by atoms with van der Waals surface area (Å²) in [5, 5.41) is 3.69. The van der Waals surface area contributed by atoms with Gasteiger partial charge < -0.3 is 5.32 Å². The Morgan fingerprint density at radius 1 is 1.25 bits per heavy atom. The predicted octanol–water partition coefficient (Wildman–Crippen LogP) is 3.52. The summed E-state index contributed by atoms with van der Waals surface area (Å²) in [6.07, 6.45) is 7.74. The van der Waals surface area contributed by atoms with Gasteiger partial charge >= 0.3 is 0 Å². The van der Waals surface area contributed by atoms with E-state index < -0.39 is 0 Å². The van der Waals surface area contributed by atoms with Crippen LogP contribution in [0.5, 0.6) is 0 Å². The molecule has 2 unspecified atom stereocenters. The van der Waals surface area contributed by atoms with Gasteiger partial charge in [-0.25, -0.2) is 0 Å². The Kier molecular flexibility index (Phi) is 4.54. The summed E-state index contributed by atoms with van der Waals surface area (Å²) in [7, 11) is 0. The van der Waals surface area contributed by atoms with E-state index in [1.165, 1.54) is 37.8 Å². The maximum absolute atomic E-state index is 3.69. The van der Waals surface area contributed by atoms with E-state index in [1.54, 1.807) is 5.57 Å². The molecule has 0 spiro atoms. The van der Waals surface area contributed by atoms with Crippen molar-refractivity contribution < 1.29 is 0 Å². The Morgan fingerprint density at radius 2 is 2.10 bits per heavy atom. The summed E-state index contributed by atoms with van der Waals surface area (Å²) >= 11 is 0. The van der Waals surface area contributed by atoms with Gasteiger partial charge in [0, 0.05) is 31.7 Å². The molecule has 1 aromatic carbocycles. The molecule has 1 aliphatic carbocycles. The first-order chi connectivity index (χ1) is 9.83. The molecule has 0 bridgehead atoms. The van der Waals surface area contributed by atoms with Crippen LogP contribution in [-0.4, -0.2) is 30.6 Å². The van der Waals surface area contributed by atoms with Crippen LogP contribution in [0.4, 0.5) is 0 Å². The largest absolute Gasteiger partial charge is 0.307 e. The maximum atomic E-state index is 3.69. The van der Waals surface area contributed by atoms with Gasteiger partial charge in [0.2, 0.25) is 0 Å². The van der Waals surface area contributed by atoms with Crippen LogP contribution in [0.1, 0.15) is 44.2 Å². The van der Waals surface area contributed by atoms with Crippen molar-refractivity contribution >= 4 is 0 Å². The Labute approximate surface area is 122 Å². The third-order valence-corrected chi connectivity index (χ3v) is 4.76. The van der Waals surface area contributed by atoms with Crippen molar-refractivity contribution in [3.63, 3.8) is 0 Å². The van der Waals surface area contributed by atoms with Gasteiger partial charge in [-0.1, -0.05) is 42.0 Å². The fourth-order valence-electron chi connectivity index (χ4n) is 3.39. The minimum Gasteiger partial charge on any atom is -0.307 e. The summed E-state index contributed by atoms with van der Waals surface area (Å²) in [6, 6.07) is 12.0. The van der Waals surface area contributed by atoms with Crippen LogP contribution >= 0.6 is 0 Å². The molecule has 1 heterocycles. The fourth-order valence-corrected chi connectivity index (χ4v) is 3.39. The van der Waals surface area contributed by atoms with Crippen molar-refractivity contribution in [2.75, 3.05) is 19.6 Å². The van der Waals surface area contributed by atoms with E-state index in [0.29, 0.717) is 12.1 Å². The van der Waals surface area contributed by atoms with Gasteiger partial charge in [-0.2, -0.15) is 0 Å². The fraction of sp³-hybridized carbons (Fsp3) is 0.556. The zero-order chi connectivity index (χ0) is 13.8. The maximum Gasteiger partial charge on any atom is 0.0449 e. The lowest BCUT2D eigenvalue weighted by Gasteiger charge is -2.39. The summed E-state index contributed by atoms with van der Waals surface area (Å²) in [5.74, 6) is 0. The third-order valence-electron chi connectivity index (χ3n) is 4.76. The predicted molar refractivity (Wildman–Crippen MR) is 84.8 cm³/mol. The van der Waals surface area contributed by atoms with E-state index in [-0.39, 0.29) is 0 Å². The van der Waals surface area contributed by atoms with Gasteiger partial charge in [0.15, 0.2) is 0 Å². The van der Waals surface area contributed by atoms with Crippen molar-refractivity contribution in [3.05, 3.63) is 47.5 Å². The molecule has 2 atom stereocenters. The molecule has 2 aliphatic rings. The Hall–Kier alpha value is -1.12. The molecule has 1 N–H and O–H groups in total. The zero-order valence-electron chi connectivity index (χ0n) is 12.5. The number of hydrogen-bond acceptors (Lipinski definition) is 2. The summed E-state index contributed by atoms with van der Waals surface area (Å²) in [5.41, 5.74) is 3.11. The molecule has 2 heteroatoms. The van der Waals surface area contributed by atoms with Crippen LogP contribution in [-0.2, 0) is 0 Å². The monoisotopic (exact) mass is 270 g/mol. The second kappa shape index (κ2) is 6.55. The van der Waals surface area contributed by atoms with Crippen LogP contribution in [0.25, 0.3) is 0 Å². The smallest absolute Gasteiger partial charge is 0.0449 e. The molecule has 1 aromatic rings. The highest BCUT2D eigenvalue weighted by atomic mass is 15.2. The van der Waals surface area contributed by atoms with Crippen molar-refractivity contribution in [1.82, 2.24) is 10.2 Å². The van der Waals surface area contributed by atoms with Gasteiger partial charge in [-0.3, -0.25) is 4.90 Å². The van der Waals surface area contributed by atoms with Crippen LogP contribution < -0.4 is 5.32 Å². The number of nitrogens with zero attached hydrogens (tertiary/aromatic N) is 1. The molecule has 108 valence electrons. The minimum absolute atomic E-state index is 0.491. The highest BCUT2D eigenvalue weighted by Gasteiger charge is 2.25. The molecule has 3 rings (SSSR count). The van der Waals surface area contributed by atoms with E-state index >= 15 is 0 Å². The standard InChI is InChI=1S/C18H26N2/c1-15-13-19-18(17-9-3-2-4-10-17)14-20(15)12-11-16-7-5-6-8-16/h2-4,7,9-10,15,18-19H,5-6,8,11-14H2,1H3. The van der Waals surface area contributed by atoms with Crippen LogP contribution in [0.15, 0.2) is 42.0 Å². The number of hydrogen-bond donors (Lipinski definition) is 1. The molecule has 20 heavy (non-hydrogen) atoms. The van der Waals surface area contributed by atoms with Crippen molar-refractivity contribution in [1.29, 1.82) is 0 Å². The van der Waals surface area contributed by atoms with Crippen LogP contribution in [0.2, 0.25) is 0 Å². The second-order valence-corrected chi connectivity index (χ2v) is 6.22. The molecular formula is C18H26N2. The Balaban J connectivity index is 1.58. The average molecular weight is 270 g/mol. The number of piperazine rings is 1. The molecule has 1 aliphatic heterocycles.